The van der Waals surface area contributed by atoms with E-state index in [-0.39, 0.29) is 11.8 Å². The largest absolute Gasteiger partial charge is 0.448 e. The van der Waals surface area contributed by atoms with Crippen molar-refractivity contribution >= 4 is 17.5 Å². The molecule has 21 heavy (non-hydrogen) atoms. The van der Waals surface area contributed by atoms with E-state index in [0.29, 0.717) is 23.7 Å². The summed E-state index contributed by atoms with van der Waals surface area (Å²) in [6.07, 6.45) is 2.06. The van der Waals surface area contributed by atoms with Crippen molar-refractivity contribution in [3.05, 3.63) is 23.1 Å². The van der Waals surface area contributed by atoms with Crippen LogP contribution in [-0.2, 0) is 11.3 Å². The molecular formula is C16H25ClN2O2. The molecule has 1 aliphatic heterocycles. The molecule has 1 fully saturated rings. The van der Waals surface area contributed by atoms with Crippen LogP contribution in [0.2, 0.25) is 5.22 Å². The Morgan fingerprint density at radius 2 is 2.29 bits per heavy atom. The second-order valence-electron chi connectivity index (χ2n) is 6.09. The molecule has 118 valence electrons. The summed E-state index contributed by atoms with van der Waals surface area (Å²) < 4.78 is 5.37. The molecule has 0 radical (unpaired) electrons. The molecule has 1 amide bonds. The Morgan fingerprint density at radius 3 is 2.86 bits per heavy atom. The third-order valence-electron chi connectivity index (χ3n) is 4.23. The summed E-state index contributed by atoms with van der Waals surface area (Å²) in [6, 6.07) is 4.09. The number of likely N-dealkylation sites (tertiary alicyclic amines) is 1. The predicted octanol–water partition coefficient (Wildman–Crippen LogP) is 3.31. The van der Waals surface area contributed by atoms with Gasteiger partial charge in [0.25, 0.3) is 0 Å². The second-order valence-corrected chi connectivity index (χ2v) is 6.46. The summed E-state index contributed by atoms with van der Waals surface area (Å²) in [5, 5.41) is 3.98. The van der Waals surface area contributed by atoms with Crippen LogP contribution in [-0.4, -0.2) is 29.9 Å². The van der Waals surface area contributed by atoms with Gasteiger partial charge in [-0.2, -0.15) is 0 Å². The van der Waals surface area contributed by atoms with E-state index < -0.39 is 0 Å². The van der Waals surface area contributed by atoms with Gasteiger partial charge in [0.1, 0.15) is 5.76 Å². The van der Waals surface area contributed by atoms with Gasteiger partial charge in [0.2, 0.25) is 5.91 Å². The molecule has 0 aromatic carbocycles. The molecule has 1 N–H and O–H groups in total. The standard InChI is InChI=1S/C16H25ClN2O2/c1-4-12-10-19(16(20)11(2)3)8-7-14(12)18-9-13-5-6-15(17)21-13/h5-6,11-12,14,18H,4,7-10H2,1-3H3/t12-,14-/m1/s1. The molecule has 1 aliphatic rings. The van der Waals surface area contributed by atoms with Crippen molar-refractivity contribution in [2.24, 2.45) is 11.8 Å². The van der Waals surface area contributed by atoms with Crippen molar-refractivity contribution in [3.63, 3.8) is 0 Å². The first-order chi connectivity index (χ1) is 10.0. The molecule has 0 bridgehead atoms. The van der Waals surface area contributed by atoms with Gasteiger partial charge < -0.3 is 14.6 Å². The second kappa shape index (κ2) is 7.32. The highest BCUT2D eigenvalue weighted by molar-refractivity contribution is 6.28. The molecule has 1 saturated heterocycles. The van der Waals surface area contributed by atoms with Crippen LogP contribution in [0.5, 0.6) is 0 Å². The maximum absolute atomic E-state index is 12.1. The zero-order valence-corrected chi connectivity index (χ0v) is 13.8. The van der Waals surface area contributed by atoms with Gasteiger partial charge >= 0.3 is 0 Å². The van der Waals surface area contributed by atoms with Gasteiger partial charge in [-0.15, -0.1) is 0 Å². The third-order valence-corrected chi connectivity index (χ3v) is 4.43. The van der Waals surface area contributed by atoms with Crippen molar-refractivity contribution in [1.82, 2.24) is 10.2 Å². The Labute approximate surface area is 131 Å². The van der Waals surface area contributed by atoms with Crippen LogP contribution in [0.1, 0.15) is 39.4 Å². The molecule has 1 aromatic heterocycles. The van der Waals surface area contributed by atoms with Gasteiger partial charge in [0.05, 0.1) is 6.54 Å². The lowest BCUT2D eigenvalue weighted by molar-refractivity contribution is -0.136. The van der Waals surface area contributed by atoms with E-state index in [1.54, 1.807) is 6.07 Å². The summed E-state index contributed by atoms with van der Waals surface area (Å²) in [5.41, 5.74) is 0. The number of nitrogens with zero attached hydrogens (tertiary/aromatic N) is 1. The molecule has 2 heterocycles. The maximum atomic E-state index is 12.1. The van der Waals surface area contributed by atoms with Crippen LogP contribution in [0.15, 0.2) is 16.5 Å². The molecular weight excluding hydrogens is 288 g/mol. The number of nitrogens with one attached hydrogen (secondary N) is 1. The molecule has 4 nitrogen and oxygen atoms in total. The van der Waals surface area contributed by atoms with E-state index >= 15 is 0 Å². The third kappa shape index (κ3) is 4.24. The van der Waals surface area contributed by atoms with E-state index in [2.05, 4.69) is 12.2 Å². The minimum atomic E-state index is 0.0808. The smallest absolute Gasteiger partial charge is 0.225 e. The average Bonchev–Trinajstić information content (AvgIpc) is 2.89. The summed E-state index contributed by atoms with van der Waals surface area (Å²) in [4.78, 5) is 14.1. The Balaban J connectivity index is 1.88. The lowest BCUT2D eigenvalue weighted by atomic mass is 9.89. The summed E-state index contributed by atoms with van der Waals surface area (Å²) in [5.74, 6) is 1.70. The van der Waals surface area contributed by atoms with Gasteiger partial charge in [-0.3, -0.25) is 4.79 Å². The quantitative estimate of drug-likeness (QED) is 0.907. The normalized spacial score (nSPS) is 22.8. The lowest BCUT2D eigenvalue weighted by Gasteiger charge is -2.39. The van der Waals surface area contributed by atoms with Crippen LogP contribution in [0.4, 0.5) is 0 Å². The number of hydrogen-bond acceptors (Lipinski definition) is 3. The van der Waals surface area contributed by atoms with Crippen molar-refractivity contribution in [2.45, 2.75) is 46.2 Å². The monoisotopic (exact) mass is 312 g/mol. The van der Waals surface area contributed by atoms with Gasteiger partial charge in [-0.05, 0) is 36.1 Å². The van der Waals surface area contributed by atoms with Crippen LogP contribution < -0.4 is 5.32 Å². The molecule has 0 unspecified atom stereocenters. The van der Waals surface area contributed by atoms with E-state index in [1.807, 2.05) is 24.8 Å². The highest BCUT2D eigenvalue weighted by Gasteiger charge is 2.30. The molecule has 0 aliphatic carbocycles. The number of furan rings is 1. The van der Waals surface area contributed by atoms with Crippen molar-refractivity contribution in [1.29, 1.82) is 0 Å². The zero-order valence-electron chi connectivity index (χ0n) is 13.1. The average molecular weight is 313 g/mol. The van der Waals surface area contributed by atoms with Gasteiger partial charge in [0, 0.05) is 25.0 Å². The Kier molecular flexibility index (Phi) is 5.71. The van der Waals surface area contributed by atoms with E-state index in [0.717, 1.165) is 31.7 Å². The first-order valence-electron chi connectivity index (χ1n) is 7.77. The van der Waals surface area contributed by atoms with Crippen molar-refractivity contribution in [2.75, 3.05) is 13.1 Å². The zero-order chi connectivity index (χ0) is 15.4. The minimum Gasteiger partial charge on any atom is -0.448 e. The number of piperidine rings is 1. The Bertz CT molecular complexity index is 473. The highest BCUT2D eigenvalue weighted by atomic mass is 35.5. The Morgan fingerprint density at radius 1 is 1.52 bits per heavy atom. The summed E-state index contributed by atoms with van der Waals surface area (Å²) >= 11 is 5.78. The molecule has 0 saturated carbocycles. The fourth-order valence-electron chi connectivity index (χ4n) is 2.96. The van der Waals surface area contributed by atoms with Crippen LogP contribution in [0.3, 0.4) is 0 Å². The van der Waals surface area contributed by atoms with Gasteiger partial charge in [0.15, 0.2) is 5.22 Å². The number of halogens is 1. The lowest BCUT2D eigenvalue weighted by Crippen LogP contribution is -2.51. The SMILES string of the molecule is CC[C@@H]1CN(C(=O)C(C)C)CC[C@H]1NCc1ccc(Cl)o1. The summed E-state index contributed by atoms with van der Waals surface area (Å²) in [6.45, 7) is 8.50. The molecule has 1 aromatic rings. The van der Waals surface area contributed by atoms with E-state index in [1.165, 1.54) is 0 Å². The number of amides is 1. The van der Waals surface area contributed by atoms with Crippen molar-refractivity contribution in [3.8, 4) is 0 Å². The van der Waals surface area contributed by atoms with Crippen molar-refractivity contribution < 1.29 is 9.21 Å². The first-order valence-corrected chi connectivity index (χ1v) is 8.15. The molecule has 0 spiro atoms. The Hall–Kier alpha value is -1.00. The predicted molar refractivity (Wildman–Crippen MR) is 84.2 cm³/mol. The highest BCUT2D eigenvalue weighted by Crippen LogP contribution is 2.22. The molecule has 2 rings (SSSR count). The van der Waals surface area contributed by atoms with E-state index in [9.17, 15) is 4.79 Å². The van der Waals surface area contributed by atoms with Gasteiger partial charge in [-0.25, -0.2) is 0 Å². The minimum absolute atomic E-state index is 0.0808. The first kappa shape index (κ1) is 16.4. The number of carbonyl (C=O) groups is 1. The molecule has 2 atom stereocenters. The van der Waals surface area contributed by atoms with Crippen LogP contribution >= 0.6 is 11.6 Å². The summed E-state index contributed by atoms with van der Waals surface area (Å²) in [7, 11) is 0. The fourth-order valence-corrected chi connectivity index (χ4v) is 3.12. The maximum Gasteiger partial charge on any atom is 0.225 e. The number of hydrogen-bond donors (Lipinski definition) is 1. The number of carbonyl (C=O) groups excluding carboxylic acids is 1. The molecule has 5 heteroatoms. The van der Waals surface area contributed by atoms with Gasteiger partial charge in [-0.1, -0.05) is 27.2 Å². The van der Waals surface area contributed by atoms with E-state index in [4.69, 9.17) is 16.0 Å². The van der Waals surface area contributed by atoms with Crippen LogP contribution in [0.25, 0.3) is 0 Å². The fraction of sp³-hybridized carbons (Fsp3) is 0.688. The number of rotatable bonds is 5. The van der Waals surface area contributed by atoms with Crippen LogP contribution in [0, 0.1) is 11.8 Å². The topological polar surface area (TPSA) is 45.5 Å².